The summed E-state index contributed by atoms with van der Waals surface area (Å²) in [6, 6.07) is 14.5. The van der Waals surface area contributed by atoms with Crippen LogP contribution in [-0.4, -0.2) is 12.8 Å². The molecule has 0 aliphatic heterocycles. The predicted molar refractivity (Wildman–Crippen MR) is 114 cm³/mol. The summed E-state index contributed by atoms with van der Waals surface area (Å²) in [6.45, 7) is 4.42. The Kier molecular flexibility index (Phi) is 7.35. The zero-order chi connectivity index (χ0) is 19.8. The molecule has 28 heavy (non-hydrogen) atoms. The van der Waals surface area contributed by atoms with Crippen LogP contribution in [0, 0.1) is 0 Å². The highest BCUT2D eigenvalue weighted by molar-refractivity contribution is 5.74. The van der Waals surface area contributed by atoms with Gasteiger partial charge in [-0.3, -0.25) is 0 Å². The first-order chi connectivity index (χ1) is 13.7. The van der Waals surface area contributed by atoms with Crippen LogP contribution in [0.5, 0.6) is 5.75 Å². The third-order valence-corrected chi connectivity index (χ3v) is 5.42. The van der Waals surface area contributed by atoms with E-state index in [0.29, 0.717) is 0 Å². The number of ether oxygens (including phenoxy) is 1. The molecule has 150 valence electrons. The van der Waals surface area contributed by atoms with Crippen molar-refractivity contribution in [2.24, 2.45) is 0 Å². The van der Waals surface area contributed by atoms with E-state index in [1.807, 2.05) is 12.1 Å². The fourth-order valence-electron chi connectivity index (χ4n) is 3.83. The van der Waals surface area contributed by atoms with Gasteiger partial charge in [0.1, 0.15) is 5.75 Å². The van der Waals surface area contributed by atoms with Gasteiger partial charge < -0.3 is 15.4 Å². The molecule has 0 radical (unpaired) electrons. The number of hydrogen-bond donors (Lipinski definition) is 2. The molecule has 0 bridgehead atoms. The molecule has 0 spiro atoms. The highest BCUT2D eigenvalue weighted by Gasteiger charge is 2.16. The largest absolute Gasteiger partial charge is 0.473 e. The second kappa shape index (κ2) is 10.2. The number of benzene rings is 2. The Hall–Kier alpha value is -2.49. The van der Waals surface area contributed by atoms with Gasteiger partial charge in [-0.1, -0.05) is 50.6 Å². The number of carbonyl (C=O) groups excluding carboxylic acids is 1. The molecular formula is C24H32N2O2. The Balaban J connectivity index is 1.48. The van der Waals surface area contributed by atoms with Gasteiger partial charge in [-0.2, -0.15) is 0 Å². The highest BCUT2D eigenvalue weighted by Crippen LogP contribution is 2.26. The number of rotatable bonds is 8. The molecule has 0 aromatic heterocycles. The second-order valence-electron chi connectivity index (χ2n) is 7.53. The molecule has 2 amide bonds. The summed E-state index contributed by atoms with van der Waals surface area (Å²) >= 11 is 0. The smallest absolute Gasteiger partial charge is 0.317 e. The molecule has 1 aliphatic rings. The first-order valence-electron chi connectivity index (χ1n) is 10.6. The molecule has 3 rings (SSSR count). The van der Waals surface area contributed by atoms with Crippen molar-refractivity contribution in [3.63, 3.8) is 0 Å². The van der Waals surface area contributed by atoms with Gasteiger partial charge in [-0.15, -0.1) is 0 Å². The number of hydrogen-bond acceptors (Lipinski definition) is 2. The molecule has 1 atom stereocenters. The lowest BCUT2D eigenvalue weighted by Gasteiger charge is -2.22. The quantitative estimate of drug-likeness (QED) is 0.610. The number of fused-ring (bicyclic) bond motifs is 1. The lowest BCUT2D eigenvalue weighted by molar-refractivity contribution is 0.220. The Labute approximate surface area is 168 Å². The lowest BCUT2D eigenvalue weighted by atomic mass is 9.89. The van der Waals surface area contributed by atoms with Gasteiger partial charge in [0, 0.05) is 0 Å². The minimum absolute atomic E-state index is 0.0144. The zero-order valence-corrected chi connectivity index (χ0v) is 17.1. The summed E-state index contributed by atoms with van der Waals surface area (Å²) in [5, 5.41) is 5.87. The normalized spacial score (nSPS) is 14.1. The number of carbonyl (C=O) groups is 1. The Morgan fingerprint density at radius 2 is 1.79 bits per heavy atom. The molecule has 4 nitrogen and oxygen atoms in total. The van der Waals surface area contributed by atoms with Crippen LogP contribution in [0.1, 0.15) is 67.8 Å². The van der Waals surface area contributed by atoms with Crippen LogP contribution in [0.25, 0.3) is 0 Å². The molecule has 2 aromatic rings. The van der Waals surface area contributed by atoms with E-state index in [1.54, 1.807) is 0 Å². The third-order valence-electron chi connectivity index (χ3n) is 5.42. The first-order valence-corrected chi connectivity index (χ1v) is 10.6. The van der Waals surface area contributed by atoms with Crippen molar-refractivity contribution in [3.8, 4) is 5.75 Å². The van der Waals surface area contributed by atoms with Gasteiger partial charge in [0.15, 0.2) is 6.73 Å². The molecule has 2 N–H and O–H groups in total. The van der Waals surface area contributed by atoms with E-state index in [0.717, 1.165) is 31.4 Å². The van der Waals surface area contributed by atoms with Crippen LogP contribution in [0.3, 0.4) is 0 Å². The van der Waals surface area contributed by atoms with Crippen molar-refractivity contribution in [1.29, 1.82) is 0 Å². The SMILES string of the molecule is CCCc1ccc(OCNC(=O)NC(CC)c2ccc3c(c2)CCCC3)cc1. The van der Waals surface area contributed by atoms with E-state index >= 15 is 0 Å². The van der Waals surface area contributed by atoms with E-state index in [9.17, 15) is 4.79 Å². The maximum Gasteiger partial charge on any atom is 0.317 e. The molecule has 0 saturated carbocycles. The Morgan fingerprint density at radius 3 is 2.50 bits per heavy atom. The summed E-state index contributed by atoms with van der Waals surface area (Å²) in [7, 11) is 0. The van der Waals surface area contributed by atoms with Gasteiger partial charge in [0.2, 0.25) is 0 Å². The molecule has 1 aliphatic carbocycles. The zero-order valence-electron chi connectivity index (χ0n) is 17.1. The van der Waals surface area contributed by atoms with Crippen molar-refractivity contribution >= 4 is 6.03 Å². The summed E-state index contributed by atoms with van der Waals surface area (Å²) in [4.78, 5) is 12.3. The van der Waals surface area contributed by atoms with Crippen LogP contribution in [0.2, 0.25) is 0 Å². The predicted octanol–water partition coefficient (Wildman–Crippen LogP) is 5.30. The van der Waals surface area contributed by atoms with Crippen molar-refractivity contribution in [2.45, 2.75) is 64.8 Å². The monoisotopic (exact) mass is 380 g/mol. The number of aryl methyl sites for hydroxylation is 3. The second-order valence-corrected chi connectivity index (χ2v) is 7.53. The first kappa shape index (κ1) is 20.2. The summed E-state index contributed by atoms with van der Waals surface area (Å²) < 4.78 is 5.63. The van der Waals surface area contributed by atoms with Gasteiger partial charge in [-0.25, -0.2) is 4.79 Å². The minimum atomic E-state index is -0.202. The molecule has 0 fully saturated rings. The molecule has 0 saturated heterocycles. The molecular weight excluding hydrogens is 348 g/mol. The van der Waals surface area contributed by atoms with Crippen molar-refractivity contribution in [2.75, 3.05) is 6.73 Å². The molecule has 2 aromatic carbocycles. The summed E-state index contributed by atoms with van der Waals surface area (Å²) in [5.41, 5.74) is 5.40. The van der Waals surface area contributed by atoms with E-state index < -0.39 is 0 Å². The van der Waals surface area contributed by atoms with Gasteiger partial charge in [0.05, 0.1) is 6.04 Å². The van der Waals surface area contributed by atoms with Gasteiger partial charge in [0.25, 0.3) is 0 Å². The fourth-order valence-corrected chi connectivity index (χ4v) is 3.83. The van der Waals surface area contributed by atoms with Crippen LogP contribution < -0.4 is 15.4 Å². The van der Waals surface area contributed by atoms with Crippen LogP contribution in [-0.2, 0) is 19.3 Å². The topological polar surface area (TPSA) is 50.4 Å². The minimum Gasteiger partial charge on any atom is -0.473 e. The Morgan fingerprint density at radius 1 is 1.04 bits per heavy atom. The van der Waals surface area contributed by atoms with Gasteiger partial charge >= 0.3 is 6.03 Å². The molecule has 1 unspecified atom stereocenters. The van der Waals surface area contributed by atoms with Crippen LogP contribution in [0.15, 0.2) is 42.5 Å². The number of urea groups is 1. The third kappa shape index (κ3) is 5.51. The highest BCUT2D eigenvalue weighted by atomic mass is 16.5. The van der Waals surface area contributed by atoms with E-state index in [2.05, 4.69) is 54.8 Å². The Bertz CT molecular complexity index is 771. The summed E-state index contributed by atoms with van der Waals surface area (Å²) in [6.07, 6.45) is 7.93. The fraction of sp³-hybridized carbons (Fsp3) is 0.458. The van der Waals surface area contributed by atoms with Crippen LogP contribution >= 0.6 is 0 Å². The van der Waals surface area contributed by atoms with Crippen molar-refractivity contribution < 1.29 is 9.53 Å². The van der Waals surface area contributed by atoms with E-state index in [-0.39, 0.29) is 18.8 Å². The average Bonchev–Trinajstić information content (AvgIpc) is 2.73. The maximum atomic E-state index is 12.3. The molecule has 4 heteroatoms. The van der Waals surface area contributed by atoms with E-state index in [4.69, 9.17) is 4.74 Å². The average molecular weight is 381 g/mol. The molecule has 0 heterocycles. The lowest BCUT2D eigenvalue weighted by Crippen LogP contribution is -2.39. The van der Waals surface area contributed by atoms with Gasteiger partial charge in [-0.05, 0) is 72.9 Å². The maximum absolute atomic E-state index is 12.3. The number of amides is 2. The van der Waals surface area contributed by atoms with Crippen molar-refractivity contribution in [3.05, 3.63) is 64.7 Å². The standard InChI is InChI=1S/C24H32N2O2/c1-3-7-18-10-14-22(15-11-18)28-17-25-24(27)26-23(4-2)21-13-12-19-8-5-6-9-20(19)16-21/h10-16,23H,3-9,17H2,1-2H3,(H2,25,26,27). The summed E-state index contributed by atoms with van der Waals surface area (Å²) in [5.74, 6) is 0.766. The number of nitrogens with one attached hydrogen (secondary N) is 2. The van der Waals surface area contributed by atoms with E-state index in [1.165, 1.54) is 41.5 Å². The van der Waals surface area contributed by atoms with Crippen LogP contribution in [0.4, 0.5) is 4.79 Å². The van der Waals surface area contributed by atoms with Crippen molar-refractivity contribution in [1.82, 2.24) is 10.6 Å².